The second-order valence-corrected chi connectivity index (χ2v) is 10.6. The molecule has 3 aromatic rings. The number of fused-ring (bicyclic) bond motifs is 1. The van der Waals surface area contributed by atoms with Gasteiger partial charge in [-0.2, -0.15) is 5.26 Å². The molecule has 0 fully saturated rings. The normalized spacial score (nSPS) is 14.4. The number of rotatable bonds is 7. The molecule has 1 unspecified atom stereocenters. The largest absolute Gasteiger partial charge is 0.483 e. The van der Waals surface area contributed by atoms with Crippen LogP contribution >= 0.6 is 23.1 Å². The summed E-state index contributed by atoms with van der Waals surface area (Å²) < 4.78 is 7.85. The highest BCUT2D eigenvalue weighted by atomic mass is 32.2. The van der Waals surface area contributed by atoms with Crippen molar-refractivity contribution >= 4 is 34.0 Å². The van der Waals surface area contributed by atoms with Gasteiger partial charge in [0.2, 0.25) is 5.91 Å². The Hall–Kier alpha value is -2.83. The fourth-order valence-corrected chi connectivity index (χ4v) is 6.07. The zero-order chi connectivity index (χ0) is 24.1. The fourth-order valence-electron chi connectivity index (χ4n) is 4.10. The van der Waals surface area contributed by atoms with Gasteiger partial charge in [-0.1, -0.05) is 42.3 Å². The molecule has 1 aliphatic rings. The minimum Gasteiger partial charge on any atom is -0.483 e. The van der Waals surface area contributed by atoms with Gasteiger partial charge in [0.1, 0.15) is 16.8 Å². The number of thioether (sulfide) groups is 1. The van der Waals surface area contributed by atoms with Gasteiger partial charge in [0.15, 0.2) is 17.1 Å². The molecule has 1 atom stereocenters. The number of amides is 1. The van der Waals surface area contributed by atoms with Crippen molar-refractivity contribution in [2.24, 2.45) is 7.05 Å². The molecule has 34 heavy (non-hydrogen) atoms. The molecule has 1 aromatic carbocycles. The summed E-state index contributed by atoms with van der Waals surface area (Å²) in [6.45, 7) is 3.96. The quantitative estimate of drug-likeness (QED) is 0.430. The lowest BCUT2D eigenvalue weighted by Crippen LogP contribution is -2.15. The van der Waals surface area contributed by atoms with Gasteiger partial charge in [-0.15, -0.1) is 21.5 Å². The van der Waals surface area contributed by atoms with Crippen LogP contribution in [0.25, 0.3) is 0 Å². The minimum atomic E-state index is -0.285. The molecule has 1 aliphatic carbocycles. The van der Waals surface area contributed by atoms with E-state index in [2.05, 4.69) is 21.6 Å². The average molecular weight is 496 g/mol. The molecule has 2 heterocycles. The molecule has 0 saturated heterocycles. The minimum absolute atomic E-state index is 0.149. The zero-order valence-corrected chi connectivity index (χ0v) is 21.4. The summed E-state index contributed by atoms with van der Waals surface area (Å²) in [5, 5.41) is 22.5. The Bertz CT molecular complexity index is 1190. The monoisotopic (exact) mass is 495 g/mol. The van der Waals surface area contributed by atoms with Crippen molar-refractivity contribution in [1.29, 1.82) is 5.26 Å². The lowest BCUT2D eigenvalue weighted by atomic mass is 9.97. The van der Waals surface area contributed by atoms with E-state index in [1.54, 1.807) is 11.3 Å². The predicted molar refractivity (Wildman–Crippen MR) is 135 cm³/mol. The molecular formula is C25H29N5O2S2. The summed E-state index contributed by atoms with van der Waals surface area (Å²) in [5.41, 5.74) is 2.95. The second-order valence-electron chi connectivity index (χ2n) is 8.54. The number of aryl methyl sites for hydroxylation is 2. The van der Waals surface area contributed by atoms with E-state index in [0.29, 0.717) is 21.5 Å². The lowest BCUT2D eigenvalue weighted by molar-refractivity contribution is -0.113. The molecule has 2 aromatic heterocycles. The van der Waals surface area contributed by atoms with Crippen LogP contribution in [0.3, 0.4) is 0 Å². The molecule has 9 heteroatoms. The topological polar surface area (TPSA) is 92.8 Å². The highest BCUT2D eigenvalue weighted by molar-refractivity contribution is 7.99. The van der Waals surface area contributed by atoms with Crippen LogP contribution < -0.4 is 10.1 Å². The fraction of sp³-hybridized carbons (Fsp3) is 0.440. The van der Waals surface area contributed by atoms with Crippen LogP contribution in [0.15, 0.2) is 29.4 Å². The molecular weight excluding hydrogens is 466 g/mol. The third kappa shape index (κ3) is 5.62. The van der Waals surface area contributed by atoms with Crippen molar-refractivity contribution < 1.29 is 9.53 Å². The zero-order valence-electron chi connectivity index (χ0n) is 19.8. The van der Waals surface area contributed by atoms with Crippen molar-refractivity contribution in [3.63, 3.8) is 0 Å². The van der Waals surface area contributed by atoms with E-state index in [0.717, 1.165) is 37.0 Å². The van der Waals surface area contributed by atoms with Crippen molar-refractivity contribution in [1.82, 2.24) is 14.8 Å². The van der Waals surface area contributed by atoms with E-state index in [1.165, 1.54) is 35.0 Å². The van der Waals surface area contributed by atoms with Gasteiger partial charge >= 0.3 is 0 Å². The van der Waals surface area contributed by atoms with E-state index in [9.17, 15) is 10.1 Å². The molecule has 1 amide bonds. The van der Waals surface area contributed by atoms with Crippen LogP contribution in [0.4, 0.5) is 5.00 Å². The molecule has 0 saturated carbocycles. The number of nitriles is 1. The van der Waals surface area contributed by atoms with Gasteiger partial charge in [-0.05, 0) is 57.2 Å². The van der Waals surface area contributed by atoms with Crippen LogP contribution in [0, 0.1) is 18.3 Å². The van der Waals surface area contributed by atoms with Crippen LogP contribution in [-0.2, 0) is 24.7 Å². The maximum Gasteiger partial charge on any atom is 0.235 e. The molecule has 1 N–H and O–H groups in total. The first-order valence-electron chi connectivity index (χ1n) is 11.6. The molecule has 178 valence electrons. The average Bonchev–Trinajstić information content (AvgIpc) is 3.32. The first kappa shape index (κ1) is 24.3. The van der Waals surface area contributed by atoms with Crippen molar-refractivity contribution in [2.45, 2.75) is 63.6 Å². The van der Waals surface area contributed by atoms with Crippen molar-refractivity contribution in [3.8, 4) is 11.8 Å². The maximum atomic E-state index is 12.7. The van der Waals surface area contributed by atoms with E-state index >= 15 is 0 Å². The SMILES string of the molecule is Cc1ccc(OC(C)c2nnc(SCC(=O)Nc3sc4c(c3C#N)CCCCCC4)n2C)cc1. The van der Waals surface area contributed by atoms with Crippen LogP contribution in [-0.4, -0.2) is 26.4 Å². The number of benzene rings is 1. The van der Waals surface area contributed by atoms with Gasteiger partial charge < -0.3 is 14.6 Å². The molecule has 7 nitrogen and oxygen atoms in total. The Balaban J connectivity index is 1.37. The number of hydrogen-bond acceptors (Lipinski definition) is 7. The van der Waals surface area contributed by atoms with E-state index in [-0.39, 0.29) is 17.8 Å². The number of ether oxygens (including phenoxy) is 1. The smallest absolute Gasteiger partial charge is 0.235 e. The Morgan fingerprint density at radius 2 is 1.97 bits per heavy atom. The Kier molecular flexibility index (Phi) is 7.91. The van der Waals surface area contributed by atoms with E-state index in [4.69, 9.17) is 4.74 Å². The molecule has 4 rings (SSSR count). The molecule has 0 aliphatic heterocycles. The van der Waals surface area contributed by atoms with Gasteiger partial charge in [0.25, 0.3) is 0 Å². The molecule has 0 bridgehead atoms. The number of carbonyl (C=O) groups excluding carboxylic acids is 1. The Morgan fingerprint density at radius 3 is 2.71 bits per heavy atom. The molecule has 0 spiro atoms. The van der Waals surface area contributed by atoms with E-state index in [1.807, 2.05) is 49.7 Å². The van der Waals surface area contributed by atoms with Crippen molar-refractivity contribution in [3.05, 3.63) is 51.7 Å². The highest BCUT2D eigenvalue weighted by Gasteiger charge is 2.22. The first-order chi connectivity index (χ1) is 16.5. The maximum absolute atomic E-state index is 12.7. The van der Waals surface area contributed by atoms with Gasteiger partial charge in [0, 0.05) is 11.9 Å². The van der Waals surface area contributed by atoms with Crippen LogP contribution in [0.5, 0.6) is 5.75 Å². The summed E-state index contributed by atoms with van der Waals surface area (Å²) in [7, 11) is 1.87. The van der Waals surface area contributed by atoms with Crippen LogP contribution in [0.2, 0.25) is 0 Å². The number of aromatic nitrogens is 3. The first-order valence-corrected chi connectivity index (χ1v) is 13.4. The van der Waals surface area contributed by atoms with Crippen molar-refractivity contribution in [2.75, 3.05) is 11.1 Å². The highest BCUT2D eigenvalue weighted by Crippen LogP contribution is 2.36. The third-order valence-electron chi connectivity index (χ3n) is 5.93. The number of nitrogens with one attached hydrogen (secondary N) is 1. The molecule has 0 radical (unpaired) electrons. The van der Waals surface area contributed by atoms with E-state index < -0.39 is 0 Å². The summed E-state index contributed by atoms with van der Waals surface area (Å²) >= 11 is 2.88. The lowest BCUT2D eigenvalue weighted by Gasteiger charge is -2.14. The Labute approximate surface area is 208 Å². The summed E-state index contributed by atoms with van der Waals surface area (Å²) in [6, 6.07) is 10.2. The van der Waals surface area contributed by atoms with Gasteiger partial charge in [0.05, 0.1) is 11.3 Å². The summed E-state index contributed by atoms with van der Waals surface area (Å²) in [4.78, 5) is 14.0. The standard InChI is InChI=1S/C25H29N5O2S2/c1-16-10-12-18(13-11-16)32-17(2)23-28-29-25(30(23)3)33-15-22(31)27-24-20(14-26)19-8-6-4-5-7-9-21(19)34-24/h10-13,17H,4-9,15H2,1-3H3,(H,27,31). The predicted octanol–water partition coefficient (Wildman–Crippen LogP) is 5.59. The number of nitrogens with zero attached hydrogens (tertiary/aromatic N) is 4. The Morgan fingerprint density at radius 1 is 1.24 bits per heavy atom. The number of anilines is 1. The number of hydrogen-bond donors (Lipinski definition) is 1. The van der Waals surface area contributed by atoms with Crippen LogP contribution in [0.1, 0.15) is 66.1 Å². The summed E-state index contributed by atoms with van der Waals surface area (Å²) in [6.07, 6.45) is 6.30. The number of thiophene rings is 1. The second kappa shape index (κ2) is 11.1. The third-order valence-corrected chi connectivity index (χ3v) is 8.16. The number of carbonyl (C=O) groups is 1. The summed E-state index contributed by atoms with van der Waals surface area (Å²) in [5.74, 6) is 1.50. The van der Waals surface area contributed by atoms with Gasteiger partial charge in [-0.25, -0.2) is 0 Å². The van der Waals surface area contributed by atoms with Gasteiger partial charge in [-0.3, -0.25) is 4.79 Å².